The standard InChI is InChI=1S/C14H18N2O/c1-16-9-6-13(7-10-16)12-2-4-14(5-3-12)17-11-8-15/h2-5,13H,6-7,9-11H2,1H3. The highest BCUT2D eigenvalue weighted by Gasteiger charge is 2.17. The predicted octanol–water partition coefficient (Wildman–Crippen LogP) is 2.40. The summed E-state index contributed by atoms with van der Waals surface area (Å²) in [6.45, 7) is 2.47. The third-order valence-electron chi connectivity index (χ3n) is 3.37. The molecule has 0 atom stereocenters. The lowest BCUT2D eigenvalue weighted by Gasteiger charge is -2.29. The van der Waals surface area contributed by atoms with Crippen molar-refractivity contribution in [2.75, 3.05) is 26.7 Å². The first-order chi connectivity index (χ1) is 8.29. The number of nitrogens with zero attached hydrogens (tertiary/aromatic N) is 2. The molecule has 0 radical (unpaired) electrons. The van der Waals surface area contributed by atoms with Crippen LogP contribution in [0.4, 0.5) is 0 Å². The minimum absolute atomic E-state index is 0.119. The summed E-state index contributed by atoms with van der Waals surface area (Å²) >= 11 is 0. The molecule has 1 saturated heterocycles. The first-order valence-corrected chi connectivity index (χ1v) is 6.08. The van der Waals surface area contributed by atoms with Gasteiger partial charge in [0.2, 0.25) is 0 Å². The van der Waals surface area contributed by atoms with Crippen LogP contribution in [0.25, 0.3) is 0 Å². The van der Waals surface area contributed by atoms with Crippen LogP contribution in [0.15, 0.2) is 24.3 Å². The van der Waals surface area contributed by atoms with Crippen molar-refractivity contribution in [3.63, 3.8) is 0 Å². The molecule has 0 amide bonds. The summed E-state index contributed by atoms with van der Waals surface area (Å²) in [4.78, 5) is 2.38. The fraction of sp³-hybridized carbons (Fsp3) is 0.500. The maximum atomic E-state index is 8.43. The summed E-state index contributed by atoms with van der Waals surface area (Å²) in [5.41, 5.74) is 1.39. The van der Waals surface area contributed by atoms with Gasteiger partial charge >= 0.3 is 0 Å². The van der Waals surface area contributed by atoms with Gasteiger partial charge in [-0.15, -0.1) is 0 Å². The largest absolute Gasteiger partial charge is 0.479 e. The summed E-state index contributed by atoms with van der Waals surface area (Å²) in [6.07, 6.45) is 2.46. The van der Waals surface area contributed by atoms with Gasteiger partial charge in [0.1, 0.15) is 11.8 Å². The van der Waals surface area contributed by atoms with Crippen molar-refractivity contribution in [3.05, 3.63) is 29.8 Å². The summed E-state index contributed by atoms with van der Waals surface area (Å²) < 4.78 is 5.25. The Morgan fingerprint density at radius 1 is 1.29 bits per heavy atom. The Morgan fingerprint density at radius 3 is 2.53 bits per heavy atom. The van der Waals surface area contributed by atoms with Gasteiger partial charge in [0, 0.05) is 0 Å². The van der Waals surface area contributed by atoms with E-state index in [1.54, 1.807) is 0 Å². The highest BCUT2D eigenvalue weighted by atomic mass is 16.5. The van der Waals surface area contributed by atoms with E-state index in [9.17, 15) is 0 Å². The van der Waals surface area contributed by atoms with Gasteiger partial charge in [-0.2, -0.15) is 5.26 Å². The van der Waals surface area contributed by atoms with E-state index in [0.717, 1.165) is 5.75 Å². The molecule has 1 aliphatic rings. The average Bonchev–Trinajstić information content (AvgIpc) is 2.38. The number of nitriles is 1. The smallest absolute Gasteiger partial charge is 0.174 e. The molecule has 17 heavy (non-hydrogen) atoms. The van der Waals surface area contributed by atoms with E-state index in [4.69, 9.17) is 10.00 Å². The monoisotopic (exact) mass is 230 g/mol. The first-order valence-electron chi connectivity index (χ1n) is 6.08. The molecular formula is C14H18N2O. The number of rotatable bonds is 3. The zero-order chi connectivity index (χ0) is 12.1. The van der Waals surface area contributed by atoms with E-state index in [0.29, 0.717) is 5.92 Å². The second kappa shape index (κ2) is 5.70. The van der Waals surface area contributed by atoms with Gasteiger partial charge in [0.05, 0.1) is 0 Å². The van der Waals surface area contributed by atoms with E-state index in [1.165, 1.54) is 31.5 Å². The SMILES string of the molecule is CN1CCC(c2ccc(OCC#N)cc2)CC1. The second-order valence-electron chi connectivity index (χ2n) is 4.59. The van der Waals surface area contributed by atoms with Crippen molar-refractivity contribution in [2.24, 2.45) is 0 Å². The quantitative estimate of drug-likeness (QED) is 0.800. The Balaban J connectivity index is 1.96. The van der Waals surface area contributed by atoms with E-state index >= 15 is 0 Å². The van der Waals surface area contributed by atoms with Gasteiger partial charge < -0.3 is 9.64 Å². The molecule has 1 aromatic rings. The van der Waals surface area contributed by atoms with Crippen LogP contribution in [0, 0.1) is 11.3 Å². The van der Waals surface area contributed by atoms with E-state index in [2.05, 4.69) is 24.1 Å². The molecule has 3 nitrogen and oxygen atoms in total. The van der Waals surface area contributed by atoms with Crippen molar-refractivity contribution in [2.45, 2.75) is 18.8 Å². The molecule has 0 bridgehead atoms. The van der Waals surface area contributed by atoms with Crippen LogP contribution in [0.3, 0.4) is 0 Å². The van der Waals surface area contributed by atoms with Crippen LogP contribution < -0.4 is 4.74 Å². The number of hydrogen-bond acceptors (Lipinski definition) is 3. The lowest BCUT2D eigenvalue weighted by Crippen LogP contribution is -2.29. The van der Waals surface area contributed by atoms with Crippen LogP contribution in [-0.2, 0) is 0 Å². The number of hydrogen-bond donors (Lipinski definition) is 0. The summed E-state index contributed by atoms with van der Waals surface area (Å²) in [6, 6.07) is 10.2. The second-order valence-corrected chi connectivity index (χ2v) is 4.59. The summed E-state index contributed by atoms with van der Waals surface area (Å²) in [5, 5.41) is 8.43. The fourth-order valence-electron chi connectivity index (χ4n) is 2.29. The molecule has 90 valence electrons. The molecule has 1 aliphatic heterocycles. The predicted molar refractivity (Wildman–Crippen MR) is 67.0 cm³/mol. The van der Waals surface area contributed by atoms with Gasteiger partial charge in [-0.3, -0.25) is 0 Å². The van der Waals surface area contributed by atoms with Crippen LogP contribution in [0.1, 0.15) is 24.3 Å². The Labute approximate surface area is 103 Å². The molecule has 0 spiro atoms. The van der Waals surface area contributed by atoms with Crippen LogP contribution in [-0.4, -0.2) is 31.6 Å². The van der Waals surface area contributed by atoms with Crippen molar-refractivity contribution < 1.29 is 4.74 Å². The average molecular weight is 230 g/mol. The summed E-state index contributed by atoms with van der Waals surface area (Å²) in [5.74, 6) is 1.46. The molecule has 0 aromatic heterocycles. The molecule has 1 fully saturated rings. The lowest BCUT2D eigenvalue weighted by molar-refractivity contribution is 0.255. The minimum atomic E-state index is 0.119. The maximum absolute atomic E-state index is 8.43. The van der Waals surface area contributed by atoms with E-state index in [1.807, 2.05) is 18.2 Å². The van der Waals surface area contributed by atoms with Crippen LogP contribution in [0.5, 0.6) is 5.75 Å². The van der Waals surface area contributed by atoms with Gasteiger partial charge in [-0.1, -0.05) is 12.1 Å². The lowest BCUT2D eigenvalue weighted by atomic mass is 9.90. The Hall–Kier alpha value is -1.53. The Morgan fingerprint density at radius 2 is 1.94 bits per heavy atom. The molecular weight excluding hydrogens is 212 g/mol. The minimum Gasteiger partial charge on any atom is -0.479 e. The third-order valence-corrected chi connectivity index (χ3v) is 3.37. The van der Waals surface area contributed by atoms with Gasteiger partial charge in [0.15, 0.2) is 6.61 Å². The highest BCUT2D eigenvalue weighted by Crippen LogP contribution is 2.28. The molecule has 2 rings (SSSR count). The molecule has 0 unspecified atom stereocenters. The third kappa shape index (κ3) is 3.21. The van der Waals surface area contributed by atoms with E-state index in [-0.39, 0.29) is 6.61 Å². The molecule has 0 N–H and O–H groups in total. The van der Waals surface area contributed by atoms with Crippen molar-refractivity contribution in [1.82, 2.24) is 4.90 Å². The molecule has 3 heteroatoms. The number of piperidine rings is 1. The maximum Gasteiger partial charge on any atom is 0.174 e. The van der Waals surface area contributed by atoms with E-state index < -0.39 is 0 Å². The van der Waals surface area contributed by atoms with Gasteiger partial charge in [-0.25, -0.2) is 0 Å². The van der Waals surface area contributed by atoms with Crippen LogP contribution in [0.2, 0.25) is 0 Å². The van der Waals surface area contributed by atoms with Crippen molar-refractivity contribution in [1.29, 1.82) is 5.26 Å². The fourth-order valence-corrected chi connectivity index (χ4v) is 2.29. The summed E-state index contributed by atoms with van der Waals surface area (Å²) in [7, 11) is 2.18. The Bertz CT molecular complexity index is 386. The zero-order valence-electron chi connectivity index (χ0n) is 10.2. The highest BCUT2D eigenvalue weighted by molar-refractivity contribution is 5.30. The van der Waals surface area contributed by atoms with Gasteiger partial charge in [0.25, 0.3) is 0 Å². The number of likely N-dealkylation sites (tertiary alicyclic amines) is 1. The van der Waals surface area contributed by atoms with Crippen molar-refractivity contribution >= 4 is 0 Å². The molecule has 0 aliphatic carbocycles. The number of benzene rings is 1. The normalized spacial score (nSPS) is 17.6. The van der Waals surface area contributed by atoms with Crippen LogP contribution >= 0.6 is 0 Å². The molecule has 1 aromatic carbocycles. The number of ether oxygens (including phenoxy) is 1. The first kappa shape index (κ1) is 11.9. The van der Waals surface area contributed by atoms with Crippen molar-refractivity contribution in [3.8, 4) is 11.8 Å². The zero-order valence-corrected chi connectivity index (χ0v) is 10.2. The topological polar surface area (TPSA) is 36.3 Å². The molecule has 1 heterocycles. The Kier molecular flexibility index (Phi) is 4.00. The molecule has 0 saturated carbocycles. The van der Waals surface area contributed by atoms with Gasteiger partial charge in [-0.05, 0) is 56.6 Å².